The van der Waals surface area contributed by atoms with Gasteiger partial charge < -0.3 is 58.9 Å². The van der Waals surface area contributed by atoms with E-state index in [0.29, 0.717) is 18.8 Å². The fourth-order valence-electron chi connectivity index (χ4n) is 8.68. The molecule has 5 N–H and O–H groups in total. The van der Waals surface area contributed by atoms with Gasteiger partial charge in [-0.25, -0.2) is 4.98 Å². The first-order valence-corrected chi connectivity index (χ1v) is 21.3. The number of amides is 1. The van der Waals surface area contributed by atoms with Crippen LogP contribution in [0.1, 0.15) is 53.5 Å². The van der Waals surface area contributed by atoms with Crippen molar-refractivity contribution >= 4 is 62.0 Å². The number of phenols is 1. The van der Waals surface area contributed by atoms with E-state index in [4.69, 9.17) is 28.3 Å². The summed E-state index contributed by atoms with van der Waals surface area (Å²) < 4.78 is 30.3. The molecule has 0 saturated carbocycles. The number of aromatic nitrogens is 1. The van der Waals surface area contributed by atoms with Gasteiger partial charge in [-0.3, -0.25) is 19.2 Å². The minimum atomic E-state index is -1.97. The lowest BCUT2D eigenvalue weighted by Gasteiger charge is -2.35. The van der Waals surface area contributed by atoms with Crippen LogP contribution in [-0.4, -0.2) is 113 Å². The number of methoxy groups -OCH3 is 1. The fourth-order valence-corrected chi connectivity index (χ4v) is 8.68. The van der Waals surface area contributed by atoms with Crippen LogP contribution in [0.5, 0.6) is 11.5 Å². The fraction of sp³-hybridized carbons (Fsp3) is 0.468. The standard InChI is InChI=1S/C47H56N4O13/c1-22-11-10-12-23(2)46(59)49-39-41(57)35-34(38-44(39)63-33-20-28(19-31(55)37(33)48-38)51-16-14-50(8)15-17-51)36-43(26(5)40(35)56)64-47(7,45(36)58)61-18-13-32(60-9)25(4)42(62-27(6)52)24(3)30(54)21-29(22)53/h10-13,18-20,22,24-25,29-30,32,42,53-54,56,58H,14-17,21H2,1-9H3,(H,49,59)/b11-10+,18-13+,23-12-/t22-,24+,25+,29+,30+,32-,42-,47-/m0/s1. The van der Waals surface area contributed by atoms with Crippen molar-refractivity contribution in [2.24, 2.45) is 17.8 Å². The van der Waals surface area contributed by atoms with E-state index in [-0.39, 0.29) is 67.2 Å². The van der Waals surface area contributed by atoms with Crippen molar-refractivity contribution in [3.8, 4) is 11.5 Å². The normalized spacial score (nSPS) is 29.3. The quantitative estimate of drug-likeness (QED) is 0.111. The number of hydrogen-bond donors (Lipinski definition) is 5. The number of benzene rings is 3. The van der Waals surface area contributed by atoms with Gasteiger partial charge >= 0.3 is 11.8 Å². The minimum absolute atomic E-state index is 0.0344. The molecule has 1 fully saturated rings. The summed E-state index contributed by atoms with van der Waals surface area (Å²) in [4.78, 5) is 63.9. The Hall–Kier alpha value is -6.01. The highest BCUT2D eigenvalue weighted by Gasteiger charge is 2.44. The Balaban J connectivity index is 1.48. The number of piperazine rings is 1. The zero-order chi connectivity index (χ0) is 46.5. The first kappa shape index (κ1) is 46.0. The van der Waals surface area contributed by atoms with Gasteiger partial charge in [-0.1, -0.05) is 39.0 Å². The average Bonchev–Trinajstić information content (AvgIpc) is 3.52. The predicted molar refractivity (Wildman–Crippen MR) is 240 cm³/mol. The first-order valence-electron chi connectivity index (χ1n) is 21.3. The van der Waals surface area contributed by atoms with Gasteiger partial charge in [-0.05, 0) is 27.0 Å². The molecule has 4 heterocycles. The second-order valence-corrected chi connectivity index (χ2v) is 17.4. The molecule has 7 rings (SSSR count). The SMILES string of the molecule is CO[C@H]1/C=C/O[C@@]2(C)Oc3c(C)c(O)c4c(=O)c(c5oc6cc(N7CCN(C)CC7)cc(=O)c6nc5c4c3=C2O)NC(=O)/C(C)=C\C=C\[C@H](C)[C@H](O)C[C@@H](O)[C@@H](C)[C@H](OC(C)=O)[C@@H]1C. The number of allylic oxidation sites excluding steroid dienone is 2. The zero-order valence-electron chi connectivity index (χ0n) is 37.4. The lowest BCUT2D eigenvalue weighted by molar-refractivity contribution is -0.158. The lowest BCUT2D eigenvalue weighted by Crippen LogP contribution is -2.44. The van der Waals surface area contributed by atoms with Crippen molar-refractivity contribution in [2.45, 2.75) is 85.1 Å². The van der Waals surface area contributed by atoms with Gasteiger partial charge in [0.1, 0.15) is 28.8 Å². The van der Waals surface area contributed by atoms with Crippen LogP contribution in [0.25, 0.3) is 38.7 Å². The Morgan fingerprint density at radius 1 is 0.969 bits per heavy atom. The molecule has 1 aromatic heterocycles. The van der Waals surface area contributed by atoms with Crippen LogP contribution >= 0.6 is 0 Å². The predicted octanol–water partition coefficient (Wildman–Crippen LogP) is 4.07. The summed E-state index contributed by atoms with van der Waals surface area (Å²) in [6, 6.07) is 3.11. The molecule has 1 saturated heterocycles. The van der Waals surface area contributed by atoms with Crippen molar-refractivity contribution in [1.29, 1.82) is 0 Å². The number of ether oxygens (including phenoxy) is 4. The molecule has 0 spiro atoms. The van der Waals surface area contributed by atoms with Crippen LogP contribution in [0.4, 0.5) is 11.4 Å². The van der Waals surface area contributed by atoms with Crippen molar-refractivity contribution in [2.75, 3.05) is 50.6 Å². The third kappa shape index (κ3) is 8.40. The Bertz CT molecular complexity index is 2790. The molecule has 64 heavy (non-hydrogen) atoms. The summed E-state index contributed by atoms with van der Waals surface area (Å²) in [5.41, 5.74) is -1.38. The van der Waals surface area contributed by atoms with Crippen molar-refractivity contribution in [3.63, 3.8) is 0 Å². The Labute approximate surface area is 368 Å². The first-order chi connectivity index (χ1) is 30.3. The van der Waals surface area contributed by atoms with Gasteiger partial charge in [0.05, 0.1) is 35.2 Å². The molecular formula is C47H56N4O13. The number of rotatable bonds is 3. The molecule has 3 aliphatic heterocycles. The molecule has 3 aromatic carbocycles. The largest absolute Gasteiger partial charge is 0.507 e. The maximum Gasteiger partial charge on any atom is 0.307 e. The van der Waals surface area contributed by atoms with Gasteiger partial charge in [-0.2, -0.15) is 0 Å². The highest BCUT2D eigenvalue weighted by molar-refractivity contribution is 6.16. The van der Waals surface area contributed by atoms with Crippen molar-refractivity contribution in [1.82, 2.24) is 9.88 Å². The third-order valence-corrected chi connectivity index (χ3v) is 12.8. The molecule has 3 aliphatic rings. The summed E-state index contributed by atoms with van der Waals surface area (Å²) in [6.45, 7) is 13.7. The Kier molecular flexibility index (Phi) is 12.8. The summed E-state index contributed by atoms with van der Waals surface area (Å²) in [6.07, 6.45) is 3.54. The number of nitrogens with zero attached hydrogens (tertiary/aromatic N) is 3. The van der Waals surface area contributed by atoms with Gasteiger partial charge in [0.2, 0.25) is 10.9 Å². The number of aromatic hydroxyl groups is 1. The molecule has 0 radical (unpaired) electrons. The summed E-state index contributed by atoms with van der Waals surface area (Å²) >= 11 is 0. The summed E-state index contributed by atoms with van der Waals surface area (Å²) in [5, 5.41) is 48.6. The van der Waals surface area contributed by atoms with Gasteiger partial charge in [0.25, 0.3) is 5.91 Å². The van der Waals surface area contributed by atoms with E-state index in [1.165, 1.54) is 59.3 Å². The van der Waals surface area contributed by atoms with Crippen LogP contribution in [0, 0.1) is 24.7 Å². The van der Waals surface area contributed by atoms with Crippen LogP contribution < -0.4 is 31.0 Å². The molecule has 17 nitrogen and oxygen atoms in total. The number of aliphatic hydroxyl groups excluding tert-OH is 3. The third-order valence-electron chi connectivity index (χ3n) is 12.8. The molecule has 0 unspecified atom stereocenters. The number of likely N-dealkylation sites (N-methyl/N-ethyl adjacent to an activating group) is 1. The van der Waals surface area contributed by atoms with E-state index >= 15 is 0 Å². The second-order valence-electron chi connectivity index (χ2n) is 17.4. The number of nitrogens with one attached hydrogen (secondary N) is 1. The van der Waals surface area contributed by atoms with Crippen molar-refractivity contribution in [3.05, 3.63) is 79.5 Å². The number of fused-ring (bicyclic) bond motifs is 2. The van der Waals surface area contributed by atoms with Gasteiger partial charge in [0, 0.05) is 106 Å². The van der Waals surface area contributed by atoms with E-state index in [0.717, 1.165) is 13.1 Å². The van der Waals surface area contributed by atoms with E-state index in [1.807, 2.05) is 11.9 Å². The van der Waals surface area contributed by atoms with E-state index in [1.54, 1.807) is 39.0 Å². The summed E-state index contributed by atoms with van der Waals surface area (Å²) in [5.74, 6) is -6.14. The van der Waals surface area contributed by atoms with E-state index in [2.05, 4.69) is 10.2 Å². The maximum atomic E-state index is 14.8. The number of anilines is 2. The number of hydrogen-bond acceptors (Lipinski definition) is 16. The Morgan fingerprint density at radius 2 is 1.67 bits per heavy atom. The molecule has 342 valence electrons. The molecule has 4 aromatic rings. The topological polar surface area (TPSA) is 231 Å². The molecule has 0 aliphatic carbocycles. The molecule has 1 amide bonds. The van der Waals surface area contributed by atoms with E-state index < -0.39 is 82.2 Å². The number of aliphatic hydroxyl groups is 3. The second kappa shape index (κ2) is 17.9. The summed E-state index contributed by atoms with van der Waals surface area (Å²) in [7, 11) is 3.45. The molecular weight excluding hydrogens is 829 g/mol. The molecule has 8 atom stereocenters. The Morgan fingerprint density at radius 3 is 2.34 bits per heavy atom. The monoisotopic (exact) mass is 884 g/mol. The number of phenolic OH excluding ortho intramolecular Hbond substituents is 1. The lowest BCUT2D eigenvalue weighted by atomic mass is 9.83. The zero-order valence-corrected chi connectivity index (χ0v) is 37.4. The van der Waals surface area contributed by atoms with Crippen LogP contribution in [0.2, 0.25) is 0 Å². The van der Waals surface area contributed by atoms with E-state index in [9.17, 15) is 39.6 Å². The minimum Gasteiger partial charge on any atom is -0.507 e. The molecule has 17 heteroatoms. The number of carbonyl (C=O) groups excluding carboxylic acids is 2. The smallest absolute Gasteiger partial charge is 0.307 e. The van der Waals surface area contributed by atoms with Gasteiger partial charge in [-0.15, -0.1) is 0 Å². The number of esters is 1. The van der Waals surface area contributed by atoms with Crippen molar-refractivity contribution < 1.29 is 53.4 Å². The highest BCUT2D eigenvalue weighted by atomic mass is 16.7. The highest BCUT2D eigenvalue weighted by Crippen LogP contribution is 2.42. The van der Waals surface area contributed by atoms with Crippen LogP contribution in [0.15, 0.2) is 62.3 Å². The maximum absolute atomic E-state index is 14.8. The number of carbonyl (C=O) groups is 2. The van der Waals surface area contributed by atoms with Crippen LogP contribution in [-0.2, 0) is 23.8 Å². The van der Waals surface area contributed by atoms with Gasteiger partial charge in [0.15, 0.2) is 22.4 Å². The average molecular weight is 885 g/mol. The molecule has 4 bridgehead atoms. The van der Waals surface area contributed by atoms with Crippen LogP contribution in [0.3, 0.4) is 0 Å².